The molecule has 0 aromatic heterocycles. The Labute approximate surface area is 157 Å². The van der Waals surface area contributed by atoms with E-state index in [1.807, 2.05) is 56.9 Å². The number of hydrogen-bond acceptors (Lipinski definition) is 4. The Morgan fingerprint density at radius 1 is 1.00 bits per heavy atom. The molecule has 142 valence electrons. The maximum absolute atomic E-state index is 12.9. The SMILES string of the molecule is CC1CN(C(=O)c2ccc(B3OC(C)(C)C(C)(C)O3)cc2)CC(C)N1C. The van der Waals surface area contributed by atoms with Crippen LogP contribution in [0.4, 0.5) is 0 Å². The van der Waals surface area contributed by atoms with Gasteiger partial charge in [0.2, 0.25) is 0 Å². The third-order valence-electron chi connectivity index (χ3n) is 6.33. The topological polar surface area (TPSA) is 42.0 Å². The molecule has 26 heavy (non-hydrogen) atoms. The van der Waals surface area contributed by atoms with Crippen molar-refractivity contribution in [3.05, 3.63) is 29.8 Å². The van der Waals surface area contributed by atoms with E-state index >= 15 is 0 Å². The maximum Gasteiger partial charge on any atom is 0.494 e. The minimum atomic E-state index is -0.396. The van der Waals surface area contributed by atoms with E-state index in [0.29, 0.717) is 17.6 Å². The summed E-state index contributed by atoms with van der Waals surface area (Å²) < 4.78 is 12.2. The molecule has 3 rings (SSSR count). The molecular formula is C20H31BN2O3. The second-order valence-corrected chi connectivity index (χ2v) is 8.78. The molecule has 2 saturated heterocycles. The molecule has 0 saturated carbocycles. The van der Waals surface area contributed by atoms with Crippen LogP contribution in [0.1, 0.15) is 51.9 Å². The lowest BCUT2D eigenvalue weighted by molar-refractivity contribution is 0.00578. The zero-order valence-corrected chi connectivity index (χ0v) is 17.1. The molecule has 1 aromatic rings. The average Bonchev–Trinajstić information content (AvgIpc) is 2.79. The molecule has 0 radical (unpaired) electrons. The number of benzene rings is 1. The van der Waals surface area contributed by atoms with Crippen LogP contribution in [0, 0.1) is 0 Å². The molecule has 6 heteroatoms. The van der Waals surface area contributed by atoms with Crippen LogP contribution in [0.3, 0.4) is 0 Å². The smallest absolute Gasteiger partial charge is 0.399 e. The van der Waals surface area contributed by atoms with Crippen molar-refractivity contribution >= 4 is 18.5 Å². The molecule has 2 aliphatic heterocycles. The number of carbonyl (C=O) groups excluding carboxylic acids is 1. The van der Waals surface area contributed by atoms with Crippen LogP contribution in [-0.4, -0.2) is 66.2 Å². The summed E-state index contributed by atoms with van der Waals surface area (Å²) >= 11 is 0. The average molecular weight is 358 g/mol. The molecule has 5 nitrogen and oxygen atoms in total. The van der Waals surface area contributed by atoms with Crippen LogP contribution in [0.5, 0.6) is 0 Å². The predicted molar refractivity (Wildman–Crippen MR) is 105 cm³/mol. The largest absolute Gasteiger partial charge is 0.494 e. The summed E-state index contributed by atoms with van der Waals surface area (Å²) in [6.07, 6.45) is 0. The highest BCUT2D eigenvalue weighted by molar-refractivity contribution is 6.62. The number of rotatable bonds is 2. The van der Waals surface area contributed by atoms with Gasteiger partial charge < -0.3 is 14.2 Å². The highest BCUT2D eigenvalue weighted by Gasteiger charge is 2.51. The fourth-order valence-corrected chi connectivity index (χ4v) is 3.51. The van der Waals surface area contributed by atoms with Crippen LogP contribution >= 0.6 is 0 Å². The second-order valence-electron chi connectivity index (χ2n) is 8.78. The van der Waals surface area contributed by atoms with Gasteiger partial charge in [-0.05, 0) is 66.2 Å². The lowest BCUT2D eigenvalue weighted by Crippen LogP contribution is -2.56. The Bertz CT molecular complexity index is 646. The first-order chi connectivity index (χ1) is 12.0. The van der Waals surface area contributed by atoms with E-state index in [1.165, 1.54) is 0 Å². The Kier molecular flexibility index (Phi) is 4.97. The van der Waals surface area contributed by atoms with Gasteiger partial charge in [-0.1, -0.05) is 12.1 Å². The fourth-order valence-electron chi connectivity index (χ4n) is 3.51. The van der Waals surface area contributed by atoms with Crippen molar-refractivity contribution in [1.29, 1.82) is 0 Å². The predicted octanol–water partition coefficient (Wildman–Crippen LogP) is 2.15. The van der Waals surface area contributed by atoms with Gasteiger partial charge in [0.25, 0.3) is 5.91 Å². The molecule has 0 N–H and O–H groups in total. The Hall–Kier alpha value is -1.37. The standard InChI is InChI=1S/C20H31BN2O3/c1-14-12-23(13-15(2)22(14)7)18(24)16-8-10-17(11-9-16)21-25-19(3,4)20(5,6)26-21/h8-11,14-15H,12-13H2,1-7H3. The van der Waals surface area contributed by atoms with Crippen molar-refractivity contribution in [1.82, 2.24) is 9.80 Å². The molecule has 1 aromatic carbocycles. The van der Waals surface area contributed by atoms with Crippen molar-refractivity contribution in [3.63, 3.8) is 0 Å². The monoisotopic (exact) mass is 358 g/mol. The molecule has 2 aliphatic rings. The summed E-state index contributed by atoms with van der Waals surface area (Å²) in [5.74, 6) is 0.0947. The van der Waals surface area contributed by atoms with Crippen molar-refractivity contribution in [2.75, 3.05) is 20.1 Å². The first-order valence-corrected chi connectivity index (χ1v) is 9.48. The van der Waals surface area contributed by atoms with Gasteiger partial charge in [0.15, 0.2) is 0 Å². The number of carbonyl (C=O) groups is 1. The van der Waals surface area contributed by atoms with E-state index in [-0.39, 0.29) is 17.1 Å². The molecule has 0 aliphatic carbocycles. The van der Waals surface area contributed by atoms with Gasteiger partial charge in [0.1, 0.15) is 0 Å². The van der Waals surface area contributed by atoms with Gasteiger partial charge in [-0.15, -0.1) is 0 Å². The lowest BCUT2D eigenvalue weighted by Gasteiger charge is -2.42. The minimum Gasteiger partial charge on any atom is -0.399 e. The molecule has 0 spiro atoms. The maximum atomic E-state index is 12.9. The summed E-state index contributed by atoms with van der Waals surface area (Å²) in [7, 11) is 1.73. The summed E-state index contributed by atoms with van der Waals surface area (Å²) in [5.41, 5.74) is 0.936. The molecule has 1 amide bonds. The van der Waals surface area contributed by atoms with E-state index in [1.54, 1.807) is 0 Å². The zero-order chi connectivity index (χ0) is 19.3. The molecule has 0 bridgehead atoms. The molecule has 2 fully saturated rings. The van der Waals surface area contributed by atoms with Crippen LogP contribution in [0.15, 0.2) is 24.3 Å². The van der Waals surface area contributed by atoms with E-state index in [0.717, 1.165) is 18.6 Å². The summed E-state index contributed by atoms with van der Waals surface area (Å²) in [4.78, 5) is 17.2. The second kappa shape index (κ2) is 6.66. The third-order valence-corrected chi connectivity index (χ3v) is 6.33. The normalized spacial score (nSPS) is 28.4. The van der Waals surface area contributed by atoms with Crippen LogP contribution < -0.4 is 5.46 Å². The van der Waals surface area contributed by atoms with Crippen molar-refractivity contribution in [2.24, 2.45) is 0 Å². The molecule has 2 atom stereocenters. The molecule has 2 unspecified atom stereocenters. The van der Waals surface area contributed by atoms with E-state index < -0.39 is 7.12 Å². The van der Waals surface area contributed by atoms with E-state index in [9.17, 15) is 4.79 Å². The third kappa shape index (κ3) is 3.42. The number of nitrogens with zero attached hydrogens (tertiary/aromatic N) is 2. The summed E-state index contributed by atoms with van der Waals surface area (Å²) in [5, 5.41) is 0. The van der Waals surface area contributed by atoms with Crippen molar-refractivity contribution < 1.29 is 14.1 Å². The number of piperazine rings is 1. The van der Waals surface area contributed by atoms with Gasteiger partial charge in [-0.25, -0.2) is 0 Å². The van der Waals surface area contributed by atoms with Gasteiger partial charge in [-0.2, -0.15) is 0 Å². The van der Waals surface area contributed by atoms with Crippen LogP contribution in [0.25, 0.3) is 0 Å². The summed E-state index contributed by atoms with van der Waals surface area (Å²) in [6.45, 7) is 14.0. The Morgan fingerprint density at radius 3 is 1.92 bits per heavy atom. The molecule has 2 heterocycles. The number of likely N-dealkylation sites (N-methyl/N-ethyl adjacent to an activating group) is 1. The fraction of sp³-hybridized carbons (Fsp3) is 0.650. The van der Waals surface area contributed by atoms with Crippen molar-refractivity contribution in [3.8, 4) is 0 Å². The first kappa shape index (κ1) is 19.4. The van der Waals surface area contributed by atoms with Gasteiger partial charge in [0, 0.05) is 30.7 Å². The summed E-state index contributed by atoms with van der Waals surface area (Å²) in [6, 6.07) is 8.39. The van der Waals surface area contributed by atoms with E-state index in [2.05, 4.69) is 25.8 Å². The molecular weight excluding hydrogens is 327 g/mol. The Morgan fingerprint density at radius 2 is 1.46 bits per heavy atom. The first-order valence-electron chi connectivity index (χ1n) is 9.48. The zero-order valence-electron chi connectivity index (χ0n) is 17.1. The van der Waals surface area contributed by atoms with Gasteiger partial charge >= 0.3 is 7.12 Å². The lowest BCUT2D eigenvalue weighted by atomic mass is 9.79. The Balaban J connectivity index is 1.71. The van der Waals surface area contributed by atoms with E-state index in [4.69, 9.17) is 9.31 Å². The number of hydrogen-bond donors (Lipinski definition) is 0. The van der Waals surface area contributed by atoms with Gasteiger partial charge in [0.05, 0.1) is 11.2 Å². The minimum absolute atomic E-state index is 0.0947. The van der Waals surface area contributed by atoms with Crippen LogP contribution in [0.2, 0.25) is 0 Å². The van der Waals surface area contributed by atoms with Crippen molar-refractivity contribution in [2.45, 2.75) is 64.8 Å². The van der Waals surface area contributed by atoms with Crippen LogP contribution in [-0.2, 0) is 9.31 Å². The quantitative estimate of drug-likeness (QED) is 0.760. The number of amides is 1. The van der Waals surface area contributed by atoms with Gasteiger partial charge in [-0.3, -0.25) is 9.69 Å². The highest BCUT2D eigenvalue weighted by Crippen LogP contribution is 2.36. The highest BCUT2D eigenvalue weighted by atomic mass is 16.7.